The van der Waals surface area contributed by atoms with Crippen molar-refractivity contribution in [2.45, 2.75) is 114 Å². The fourth-order valence-electron chi connectivity index (χ4n) is 21.5. The highest BCUT2D eigenvalue weighted by Crippen LogP contribution is 2.77. The van der Waals surface area contributed by atoms with E-state index in [2.05, 4.69) is 115 Å². The van der Waals surface area contributed by atoms with E-state index in [0.29, 0.717) is 5.92 Å². The summed E-state index contributed by atoms with van der Waals surface area (Å²) in [5, 5.41) is 2.61. The summed E-state index contributed by atoms with van der Waals surface area (Å²) in [5.41, 5.74) is 7.19. The first-order chi connectivity index (χ1) is 31.3. The van der Waals surface area contributed by atoms with Crippen LogP contribution in [0.5, 0.6) is 0 Å². The molecule has 0 amide bonds. The molecular formula is C62H70O. The Morgan fingerprint density at radius 1 is 0.381 bits per heavy atom. The maximum atomic E-state index is 6.29. The Morgan fingerprint density at radius 2 is 1.06 bits per heavy atom. The van der Waals surface area contributed by atoms with Gasteiger partial charge in [-0.3, -0.25) is 0 Å². The van der Waals surface area contributed by atoms with E-state index >= 15 is 0 Å². The van der Waals surface area contributed by atoms with Gasteiger partial charge >= 0.3 is 0 Å². The van der Waals surface area contributed by atoms with Crippen molar-refractivity contribution in [3.8, 4) is 0 Å². The van der Waals surface area contributed by atoms with Crippen LogP contribution in [-0.4, -0.2) is 0 Å². The SMILES string of the molecule is C1=CC2C(CC1)C1CCCC3C1C2CC1C(c2ccccc2)C2C4CCCC5C6C(CCC7CC(c8ccc9oc%10ccccc%10c9c8)CCC76)CC(C54)C2C(c2ccccc2)C13. The van der Waals surface area contributed by atoms with Gasteiger partial charge in [-0.1, -0.05) is 110 Å². The molecular weight excluding hydrogens is 761 g/mol. The normalized spacial score (nSPS) is 46.5. The van der Waals surface area contributed by atoms with Crippen molar-refractivity contribution in [3.63, 3.8) is 0 Å². The average Bonchev–Trinajstić information content (AvgIpc) is 4.00. The van der Waals surface area contributed by atoms with Crippen molar-refractivity contribution >= 4 is 21.9 Å². The third kappa shape index (κ3) is 5.41. The Hall–Kier alpha value is -3.58. The third-order valence-electron chi connectivity index (χ3n) is 22.7. The van der Waals surface area contributed by atoms with E-state index in [0.717, 1.165) is 130 Å². The molecule has 1 heterocycles. The molecule has 10 aliphatic rings. The molecule has 0 N–H and O–H groups in total. The number of hydrogen-bond donors (Lipinski definition) is 0. The standard InChI is InChI=1S/C62H70O/c1-3-13-35(14-4-1)56-52-34-50-43-18-8-7-17-42(43)45-20-11-22-47(58(45)50)60(52)57(36-15-5-2-6-16-36)62-51-33-40-26-25-39-31-37(38-28-30-54-49(32-38)44-19-9-10-24-53(44)63-54)27-29-41(39)55(40)46-21-12-23-48(59(46)51)61(56)62/h1-6,8-10,13-16,18-19,24,28,30,32,37,39-43,45-48,50-52,55-62H,7,11-12,17,20-23,25-27,29,31,33-34H2. The molecule has 15 rings (SSSR count). The molecule has 0 saturated heterocycles. The summed E-state index contributed by atoms with van der Waals surface area (Å²) < 4.78 is 6.29. The maximum absolute atomic E-state index is 6.29. The van der Waals surface area contributed by atoms with Crippen molar-refractivity contribution in [1.29, 1.82) is 0 Å². The van der Waals surface area contributed by atoms with E-state index in [9.17, 15) is 0 Å². The topological polar surface area (TPSA) is 13.1 Å². The first-order valence-electron chi connectivity index (χ1n) is 26.9. The smallest absolute Gasteiger partial charge is 0.135 e. The monoisotopic (exact) mass is 831 g/mol. The molecule has 21 atom stereocenters. The van der Waals surface area contributed by atoms with Crippen LogP contribution in [0.2, 0.25) is 0 Å². The van der Waals surface area contributed by atoms with E-state index in [4.69, 9.17) is 4.42 Å². The second kappa shape index (κ2) is 14.5. The van der Waals surface area contributed by atoms with Crippen LogP contribution in [0, 0.1) is 107 Å². The molecule has 0 bridgehead atoms. The molecule has 10 aliphatic carbocycles. The Labute approximate surface area is 377 Å². The predicted molar refractivity (Wildman–Crippen MR) is 256 cm³/mol. The van der Waals surface area contributed by atoms with E-state index in [1.54, 1.807) is 23.1 Å². The van der Waals surface area contributed by atoms with Crippen LogP contribution in [0.4, 0.5) is 0 Å². The van der Waals surface area contributed by atoms with Crippen molar-refractivity contribution in [3.05, 3.63) is 132 Å². The van der Waals surface area contributed by atoms with E-state index in [-0.39, 0.29) is 0 Å². The molecule has 9 saturated carbocycles. The Morgan fingerprint density at radius 3 is 1.90 bits per heavy atom. The van der Waals surface area contributed by atoms with Crippen LogP contribution in [-0.2, 0) is 0 Å². The van der Waals surface area contributed by atoms with Crippen LogP contribution in [0.25, 0.3) is 21.9 Å². The molecule has 0 radical (unpaired) electrons. The highest BCUT2D eigenvalue weighted by molar-refractivity contribution is 6.05. The molecule has 0 aliphatic heterocycles. The minimum absolute atomic E-state index is 0.700. The van der Waals surface area contributed by atoms with Gasteiger partial charge in [-0.15, -0.1) is 0 Å². The molecule has 1 aromatic heterocycles. The fourth-order valence-corrected chi connectivity index (χ4v) is 21.5. The van der Waals surface area contributed by atoms with Gasteiger partial charge in [-0.2, -0.15) is 0 Å². The zero-order valence-corrected chi connectivity index (χ0v) is 37.6. The number of benzene rings is 4. The zero-order valence-electron chi connectivity index (χ0n) is 37.6. The van der Waals surface area contributed by atoms with E-state index in [1.807, 2.05) is 0 Å². The van der Waals surface area contributed by atoms with Gasteiger partial charge in [0.05, 0.1) is 0 Å². The Bertz CT molecular complexity index is 2530. The maximum Gasteiger partial charge on any atom is 0.135 e. The van der Waals surface area contributed by atoms with Crippen molar-refractivity contribution in [2.24, 2.45) is 107 Å². The van der Waals surface area contributed by atoms with Crippen LogP contribution < -0.4 is 0 Å². The largest absolute Gasteiger partial charge is 0.456 e. The minimum atomic E-state index is 0.700. The van der Waals surface area contributed by atoms with Crippen LogP contribution in [0.15, 0.2) is 120 Å². The van der Waals surface area contributed by atoms with Gasteiger partial charge in [0, 0.05) is 10.8 Å². The summed E-state index contributed by atoms with van der Waals surface area (Å²) in [7, 11) is 0. The molecule has 4 aromatic carbocycles. The number of allylic oxidation sites excluding steroid dienone is 2. The highest BCUT2D eigenvalue weighted by Gasteiger charge is 2.70. The molecule has 1 nitrogen and oxygen atoms in total. The van der Waals surface area contributed by atoms with Crippen molar-refractivity contribution in [2.75, 3.05) is 0 Å². The van der Waals surface area contributed by atoms with Gasteiger partial charge in [0.25, 0.3) is 0 Å². The average molecular weight is 831 g/mol. The van der Waals surface area contributed by atoms with Crippen LogP contribution >= 0.6 is 0 Å². The molecule has 5 aromatic rings. The number of hydrogen-bond acceptors (Lipinski definition) is 1. The quantitative estimate of drug-likeness (QED) is 0.165. The molecule has 21 unspecified atom stereocenters. The van der Waals surface area contributed by atoms with E-state index in [1.165, 1.54) is 101 Å². The molecule has 63 heavy (non-hydrogen) atoms. The van der Waals surface area contributed by atoms with Gasteiger partial charge in [0.1, 0.15) is 11.2 Å². The number of para-hydroxylation sites is 1. The summed E-state index contributed by atoms with van der Waals surface area (Å²) in [6, 6.07) is 41.0. The Balaban J connectivity index is 0.808. The summed E-state index contributed by atoms with van der Waals surface area (Å²) in [5.74, 6) is 18.9. The lowest BCUT2D eigenvalue weighted by Crippen LogP contribution is -2.54. The highest BCUT2D eigenvalue weighted by atomic mass is 16.3. The molecule has 324 valence electrons. The lowest BCUT2D eigenvalue weighted by Gasteiger charge is -2.61. The number of fused-ring (bicyclic) bond motifs is 15. The fraction of sp³-hybridized carbons (Fsp3) is 0.581. The second-order valence-corrected chi connectivity index (χ2v) is 24.2. The van der Waals surface area contributed by atoms with Crippen molar-refractivity contribution < 1.29 is 4.42 Å². The second-order valence-electron chi connectivity index (χ2n) is 24.2. The Kier molecular flexibility index (Phi) is 8.63. The van der Waals surface area contributed by atoms with E-state index < -0.39 is 0 Å². The molecule has 0 spiro atoms. The number of rotatable bonds is 3. The lowest BCUT2D eigenvalue weighted by atomic mass is 9.43. The van der Waals surface area contributed by atoms with Crippen LogP contribution in [0.1, 0.15) is 131 Å². The van der Waals surface area contributed by atoms with Gasteiger partial charge < -0.3 is 4.42 Å². The number of furan rings is 1. The summed E-state index contributed by atoms with van der Waals surface area (Å²) in [6.45, 7) is 0. The van der Waals surface area contributed by atoms with Gasteiger partial charge in [0.15, 0.2) is 0 Å². The predicted octanol–water partition coefficient (Wildman–Crippen LogP) is 15.9. The molecule has 9 fully saturated rings. The minimum Gasteiger partial charge on any atom is -0.456 e. The third-order valence-corrected chi connectivity index (χ3v) is 22.7. The summed E-state index contributed by atoms with van der Waals surface area (Å²) in [4.78, 5) is 0. The van der Waals surface area contributed by atoms with Crippen molar-refractivity contribution in [1.82, 2.24) is 0 Å². The zero-order chi connectivity index (χ0) is 40.9. The van der Waals surface area contributed by atoms with Gasteiger partial charge in [-0.25, -0.2) is 0 Å². The van der Waals surface area contributed by atoms with Crippen LogP contribution in [0.3, 0.4) is 0 Å². The van der Waals surface area contributed by atoms with Gasteiger partial charge in [-0.05, 0) is 243 Å². The first-order valence-corrected chi connectivity index (χ1v) is 26.9. The molecule has 1 heteroatoms. The lowest BCUT2D eigenvalue weighted by molar-refractivity contribution is -0.0940. The summed E-state index contributed by atoms with van der Waals surface area (Å²) in [6.07, 6.45) is 27.7. The first kappa shape index (κ1) is 37.6. The van der Waals surface area contributed by atoms with Gasteiger partial charge in [0.2, 0.25) is 0 Å². The summed E-state index contributed by atoms with van der Waals surface area (Å²) >= 11 is 0.